The predicted octanol–water partition coefficient (Wildman–Crippen LogP) is 10.3. The van der Waals surface area contributed by atoms with Gasteiger partial charge < -0.3 is 11.1 Å². The van der Waals surface area contributed by atoms with Gasteiger partial charge in [-0.25, -0.2) is 0 Å². The Hall–Kier alpha value is -5.21. The molecule has 0 saturated carbocycles. The fourth-order valence-corrected chi connectivity index (χ4v) is 6.66. The Morgan fingerprint density at radius 3 is 2.10 bits per heavy atom. The standard InChI is InChI=1S/C40H32N2/c1-3-4-17-38(42)29-21-27(25(2)18-19-41)20-28(22-29)35-24-36-33-15-8-7-13-31(33)32-14-9-10-16-34(32)40(36)37-23-26-11-5-6-12-30(26)39(35)37/h3-22,24,41H,23,42H2,1-2H3/b4-3-,25-18+,38-17-,41-19?. The minimum atomic E-state index is 0.716. The molecule has 2 heteroatoms. The van der Waals surface area contributed by atoms with Gasteiger partial charge in [-0.05, 0) is 139 Å². The minimum Gasteiger partial charge on any atom is -0.398 e. The van der Waals surface area contributed by atoms with Crippen LogP contribution in [0.25, 0.3) is 65.8 Å². The maximum atomic E-state index is 7.70. The van der Waals surface area contributed by atoms with Crippen molar-refractivity contribution in [2.75, 3.05) is 0 Å². The van der Waals surface area contributed by atoms with Crippen molar-refractivity contribution >= 4 is 49.8 Å². The zero-order valence-corrected chi connectivity index (χ0v) is 23.9. The van der Waals surface area contributed by atoms with E-state index in [-0.39, 0.29) is 0 Å². The molecule has 1 aliphatic carbocycles. The molecule has 0 spiro atoms. The van der Waals surface area contributed by atoms with Gasteiger partial charge in [0, 0.05) is 11.9 Å². The summed E-state index contributed by atoms with van der Waals surface area (Å²) in [7, 11) is 0. The summed E-state index contributed by atoms with van der Waals surface area (Å²) >= 11 is 0. The van der Waals surface area contributed by atoms with Gasteiger partial charge in [0.1, 0.15) is 0 Å². The maximum Gasteiger partial charge on any atom is 0.0387 e. The molecule has 1 aliphatic rings. The second-order valence-electron chi connectivity index (χ2n) is 11.1. The maximum absolute atomic E-state index is 7.70. The lowest BCUT2D eigenvalue weighted by Gasteiger charge is -2.19. The Kier molecular flexibility index (Phi) is 6.32. The lowest BCUT2D eigenvalue weighted by Crippen LogP contribution is -1.99. The molecule has 3 N–H and O–H groups in total. The number of allylic oxidation sites excluding steroid dienone is 5. The van der Waals surface area contributed by atoms with Crippen molar-refractivity contribution in [3.63, 3.8) is 0 Å². The van der Waals surface area contributed by atoms with Crippen molar-refractivity contribution in [2.45, 2.75) is 20.3 Å². The van der Waals surface area contributed by atoms with E-state index in [1.807, 2.05) is 31.2 Å². The molecular weight excluding hydrogens is 508 g/mol. The number of hydrogen-bond donors (Lipinski definition) is 2. The van der Waals surface area contributed by atoms with Crippen LogP contribution in [-0.2, 0) is 6.42 Å². The van der Waals surface area contributed by atoms with Crippen LogP contribution in [-0.4, -0.2) is 6.21 Å². The van der Waals surface area contributed by atoms with E-state index in [1.165, 1.54) is 66.3 Å². The molecule has 0 saturated heterocycles. The molecule has 42 heavy (non-hydrogen) atoms. The van der Waals surface area contributed by atoms with Crippen molar-refractivity contribution in [3.8, 4) is 22.3 Å². The minimum absolute atomic E-state index is 0.716. The van der Waals surface area contributed by atoms with Crippen LogP contribution >= 0.6 is 0 Å². The largest absolute Gasteiger partial charge is 0.398 e. The summed E-state index contributed by atoms with van der Waals surface area (Å²) in [5, 5.41) is 15.5. The number of hydrogen-bond acceptors (Lipinski definition) is 2. The average Bonchev–Trinajstić information content (AvgIpc) is 3.42. The first-order chi connectivity index (χ1) is 20.6. The molecule has 0 aromatic heterocycles. The van der Waals surface area contributed by atoms with E-state index in [1.54, 1.807) is 0 Å². The summed E-state index contributed by atoms with van der Waals surface area (Å²) in [6.45, 7) is 4.05. The Bertz CT molecular complexity index is 2160. The summed E-state index contributed by atoms with van der Waals surface area (Å²) < 4.78 is 0. The van der Waals surface area contributed by atoms with Gasteiger partial charge in [-0.15, -0.1) is 0 Å². The molecule has 2 nitrogen and oxygen atoms in total. The van der Waals surface area contributed by atoms with Gasteiger partial charge >= 0.3 is 0 Å². The number of nitrogens with one attached hydrogen (secondary N) is 1. The average molecular weight is 541 g/mol. The Morgan fingerprint density at radius 2 is 1.36 bits per heavy atom. The summed E-state index contributed by atoms with van der Waals surface area (Å²) in [5.41, 5.74) is 18.1. The highest BCUT2D eigenvalue weighted by Crippen LogP contribution is 2.50. The van der Waals surface area contributed by atoms with Crippen molar-refractivity contribution in [3.05, 3.63) is 144 Å². The number of nitrogens with two attached hydrogens (primary N) is 1. The van der Waals surface area contributed by atoms with Gasteiger partial charge in [0.2, 0.25) is 0 Å². The molecule has 7 rings (SSSR count). The summed E-state index contributed by atoms with van der Waals surface area (Å²) in [4.78, 5) is 0. The molecule has 0 aliphatic heterocycles. The Labute approximate surface area is 246 Å². The molecule has 0 atom stereocenters. The van der Waals surface area contributed by atoms with Crippen molar-refractivity contribution in [1.29, 1.82) is 5.41 Å². The van der Waals surface area contributed by atoms with Crippen LogP contribution in [0.4, 0.5) is 0 Å². The van der Waals surface area contributed by atoms with E-state index in [4.69, 9.17) is 11.1 Å². The third-order valence-corrected chi connectivity index (χ3v) is 8.62. The molecule has 0 heterocycles. The third-order valence-electron chi connectivity index (χ3n) is 8.62. The fraction of sp³-hybridized carbons (Fsp3) is 0.0750. The SMILES string of the molecule is C/C=C\C=C(/N)c1cc(/C(C)=C/C=N)cc(-c2cc3c4ccccc4c4ccccc4c3c3c2-c2ccccc2C3)c1. The van der Waals surface area contributed by atoms with Crippen molar-refractivity contribution in [2.24, 2.45) is 5.73 Å². The first-order valence-electron chi connectivity index (χ1n) is 14.5. The zero-order valence-electron chi connectivity index (χ0n) is 23.9. The van der Waals surface area contributed by atoms with Crippen molar-refractivity contribution in [1.82, 2.24) is 0 Å². The van der Waals surface area contributed by atoms with Gasteiger partial charge in [-0.1, -0.05) is 84.9 Å². The highest BCUT2D eigenvalue weighted by atomic mass is 14.6. The van der Waals surface area contributed by atoms with Gasteiger partial charge in [-0.2, -0.15) is 0 Å². The lowest BCUT2D eigenvalue weighted by atomic mass is 9.84. The quantitative estimate of drug-likeness (QED) is 0.127. The second kappa shape index (κ2) is 10.3. The molecule has 202 valence electrons. The van der Waals surface area contributed by atoms with Crippen LogP contribution in [0, 0.1) is 5.41 Å². The van der Waals surface area contributed by atoms with Gasteiger partial charge in [-0.3, -0.25) is 0 Å². The van der Waals surface area contributed by atoms with E-state index in [2.05, 4.69) is 104 Å². The number of benzene rings is 6. The van der Waals surface area contributed by atoms with Crippen LogP contribution in [0.3, 0.4) is 0 Å². The van der Waals surface area contributed by atoms with Crippen LogP contribution in [0.2, 0.25) is 0 Å². The Balaban J connectivity index is 1.65. The van der Waals surface area contributed by atoms with Gasteiger partial charge in [0.05, 0.1) is 0 Å². The normalized spacial score (nSPS) is 13.3. The van der Waals surface area contributed by atoms with Gasteiger partial charge in [0.15, 0.2) is 0 Å². The molecule has 0 radical (unpaired) electrons. The van der Waals surface area contributed by atoms with E-state index >= 15 is 0 Å². The van der Waals surface area contributed by atoms with E-state index in [9.17, 15) is 0 Å². The third kappa shape index (κ3) is 4.07. The second-order valence-corrected chi connectivity index (χ2v) is 11.1. The first kappa shape index (κ1) is 25.7. The van der Waals surface area contributed by atoms with E-state index < -0.39 is 0 Å². The number of fused-ring (bicyclic) bond motifs is 10. The summed E-state index contributed by atoms with van der Waals surface area (Å²) in [5.74, 6) is 0. The predicted molar refractivity (Wildman–Crippen MR) is 182 cm³/mol. The lowest BCUT2D eigenvalue weighted by molar-refractivity contribution is 1.29. The highest BCUT2D eigenvalue weighted by Gasteiger charge is 2.27. The van der Waals surface area contributed by atoms with Gasteiger partial charge in [0.25, 0.3) is 0 Å². The highest BCUT2D eigenvalue weighted by molar-refractivity contribution is 6.28. The topological polar surface area (TPSA) is 49.9 Å². The summed E-state index contributed by atoms with van der Waals surface area (Å²) in [6, 6.07) is 35.5. The number of rotatable bonds is 5. The molecule has 0 bridgehead atoms. The molecule has 0 unspecified atom stereocenters. The van der Waals surface area contributed by atoms with Crippen LogP contribution in [0.5, 0.6) is 0 Å². The molecule has 6 aromatic carbocycles. The molecule has 0 fully saturated rings. The molecular formula is C40H32N2. The molecule has 6 aromatic rings. The summed E-state index contributed by atoms with van der Waals surface area (Å²) in [6.07, 6.45) is 10.0. The Morgan fingerprint density at radius 1 is 0.714 bits per heavy atom. The monoisotopic (exact) mass is 540 g/mol. The fourth-order valence-electron chi connectivity index (χ4n) is 6.66. The van der Waals surface area contributed by atoms with Crippen molar-refractivity contribution < 1.29 is 0 Å². The van der Waals surface area contributed by atoms with Crippen LogP contribution in [0.15, 0.2) is 121 Å². The van der Waals surface area contributed by atoms with Crippen LogP contribution < -0.4 is 5.73 Å². The first-order valence-corrected chi connectivity index (χ1v) is 14.5. The smallest absolute Gasteiger partial charge is 0.0387 e. The van der Waals surface area contributed by atoms with Crippen LogP contribution in [0.1, 0.15) is 36.1 Å². The zero-order chi connectivity index (χ0) is 28.8. The molecule has 0 amide bonds. The van der Waals surface area contributed by atoms with E-state index in [0.717, 1.165) is 28.7 Å². The van der Waals surface area contributed by atoms with E-state index in [0.29, 0.717) is 5.70 Å².